The summed E-state index contributed by atoms with van der Waals surface area (Å²) in [7, 11) is 1.67. The zero-order chi connectivity index (χ0) is 15.7. The van der Waals surface area contributed by atoms with Crippen molar-refractivity contribution in [2.45, 2.75) is 32.1 Å². The molecule has 2 atom stereocenters. The first-order valence-corrected chi connectivity index (χ1v) is 7.44. The predicted molar refractivity (Wildman–Crippen MR) is 85.4 cm³/mol. The van der Waals surface area contributed by atoms with Crippen LogP contribution in [0.4, 0.5) is 0 Å². The molecule has 1 rings (SSSR count). The van der Waals surface area contributed by atoms with Crippen molar-refractivity contribution in [2.75, 3.05) is 53.2 Å². The SMILES string of the molecule is CC(C)OCCOCC(O)CN(C)C(=O)C1COCCN1.Cl. The van der Waals surface area contributed by atoms with E-state index in [4.69, 9.17) is 14.2 Å². The highest BCUT2D eigenvalue weighted by molar-refractivity contribution is 5.85. The maximum atomic E-state index is 12.1. The summed E-state index contributed by atoms with van der Waals surface area (Å²) >= 11 is 0. The van der Waals surface area contributed by atoms with E-state index in [1.54, 1.807) is 7.05 Å². The zero-order valence-electron chi connectivity index (χ0n) is 13.6. The lowest BCUT2D eigenvalue weighted by atomic mass is 10.2. The Balaban J connectivity index is 0.00000441. The molecule has 0 aromatic heterocycles. The van der Waals surface area contributed by atoms with Crippen molar-refractivity contribution in [1.29, 1.82) is 0 Å². The van der Waals surface area contributed by atoms with E-state index in [2.05, 4.69) is 5.32 Å². The third-order valence-corrected chi connectivity index (χ3v) is 3.07. The number of nitrogens with zero attached hydrogens (tertiary/aromatic N) is 1. The van der Waals surface area contributed by atoms with Crippen molar-refractivity contribution in [1.82, 2.24) is 10.2 Å². The van der Waals surface area contributed by atoms with E-state index in [0.29, 0.717) is 33.0 Å². The van der Waals surface area contributed by atoms with Gasteiger partial charge in [0.05, 0.1) is 45.2 Å². The number of carbonyl (C=O) groups is 1. The van der Waals surface area contributed by atoms with Crippen LogP contribution in [0.5, 0.6) is 0 Å². The summed E-state index contributed by atoms with van der Waals surface area (Å²) < 4.78 is 15.9. The minimum Gasteiger partial charge on any atom is -0.389 e. The lowest BCUT2D eigenvalue weighted by molar-refractivity contribution is -0.136. The minimum absolute atomic E-state index is 0. The molecule has 132 valence electrons. The Hall–Kier alpha value is -0.440. The molecule has 0 bridgehead atoms. The van der Waals surface area contributed by atoms with Gasteiger partial charge >= 0.3 is 0 Å². The van der Waals surface area contributed by atoms with Gasteiger partial charge in [-0.3, -0.25) is 4.79 Å². The Bertz CT molecular complexity index is 301. The van der Waals surface area contributed by atoms with Crippen LogP contribution in [-0.2, 0) is 19.0 Å². The topological polar surface area (TPSA) is 80.3 Å². The summed E-state index contributed by atoms with van der Waals surface area (Å²) in [6.45, 7) is 6.95. The third-order valence-electron chi connectivity index (χ3n) is 3.07. The number of morpholine rings is 1. The highest BCUT2D eigenvalue weighted by Gasteiger charge is 2.25. The van der Waals surface area contributed by atoms with Crippen molar-refractivity contribution < 1.29 is 24.1 Å². The largest absolute Gasteiger partial charge is 0.389 e. The number of hydrogen-bond donors (Lipinski definition) is 2. The van der Waals surface area contributed by atoms with Crippen LogP contribution in [-0.4, -0.2) is 87.3 Å². The second kappa shape index (κ2) is 12.0. The monoisotopic (exact) mass is 340 g/mol. The van der Waals surface area contributed by atoms with Crippen LogP contribution >= 0.6 is 12.4 Å². The van der Waals surface area contributed by atoms with Gasteiger partial charge in [-0.05, 0) is 13.8 Å². The summed E-state index contributed by atoms with van der Waals surface area (Å²) in [4.78, 5) is 13.6. The molecule has 22 heavy (non-hydrogen) atoms. The molecular weight excluding hydrogens is 312 g/mol. The van der Waals surface area contributed by atoms with Crippen LogP contribution in [0.3, 0.4) is 0 Å². The van der Waals surface area contributed by atoms with Crippen LogP contribution in [0, 0.1) is 0 Å². The van der Waals surface area contributed by atoms with Gasteiger partial charge in [-0.25, -0.2) is 0 Å². The molecule has 0 radical (unpaired) electrons. The molecule has 2 unspecified atom stereocenters. The number of rotatable bonds is 9. The van der Waals surface area contributed by atoms with E-state index < -0.39 is 6.10 Å². The van der Waals surface area contributed by atoms with E-state index in [1.807, 2.05) is 13.8 Å². The van der Waals surface area contributed by atoms with Gasteiger partial charge in [-0.15, -0.1) is 12.4 Å². The van der Waals surface area contributed by atoms with E-state index in [0.717, 1.165) is 0 Å². The quantitative estimate of drug-likeness (QED) is 0.559. The van der Waals surface area contributed by atoms with Crippen molar-refractivity contribution in [3.05, 3.63) is 0 Å². The third kappa shape index (κ3) is 8.87. The normalized spacial score (nSPS) is 19.6. The van der Waals surface area contributed by atoms with Crippen molar-refractivity contribution in [3.8, 4) is 0 Å². The van der Waals surface area contributed by atoms with Crippen LogP contribution in [0.1, 0.15) is 13.8 Å². The summed E-state index contributed by atoms with van der Waals surface area (Å²) in [5, 5.41) is 13.0. The highest BCUT2D eigenvalue weighted by atomic mass is 35.5. The average molecular weight is 341 g/mol. The van der Waals surface area contributed by atoms with Gasteiger partial charge in [0.2, 0.25) is 5.91 Å². The minimum atomic E-state index is -0.706. The molecule has 0 aromatic carbocycles. The van der Waals surface area contributed by atoms with E-state index in [1.165, 1.54) is 4.90 Å². The lowest BCUT2D eigenvalue weighted by Crippen LogP contribution is -2.53. The first-order valence-electron chi connectivity index (χ1n) is 7.44. The predicted octanol–water partition coefficient (Wildman–Crippen LogP) is -0.342. The number of halogens is 1. The van der Waals surface area contributed by atoms with E-state index >= 15 is 0 Å². The van der Waals surface area contributed by atoms with Gasteiger partial charge in [-0.2, -0.15) is 0 Å². The number of ether oxygens (including phenoxy) is 3. The summed E-state index contributed by atoms with van der Waals surface area (Å²) in [6, 6.07) is -0.323. The molecule has 1 heterocycles. The molecule has 1 saturated heterocycles. The van der Waals surface area contributed by atoms with E-state index in [-0.39, 0.29) is 43.6 Å². The molecule has 2 N–H and O–H groups in total. The Morgan fingerprint density at radius 2 is 2.18 bits per heavy atom. The van der Waals surface area contributed by atoms with Crippen LogP contribution in [0.25, 0.3) is 0 Å². The molecular formula is C14H29ClN2O5. The molecule has 0 saturated carbocycles. The Morgan fingerprint density at radius 1 is 1.45 bits per heavy atom. The lowest BCUT2D eigenvalue weighted by Gasteiger charge is -2.28. The van der Waals surface area contributed by atoms with Gasteiger partial charge < -0.3 is 29.5 Å². The second-order valence-electron chi connectivity index (χ2n) is 5.45. The molecule has 7 nitrogen and oxygen atoms in total. The highest BCUT2D eigenvalue weighted by Crippen LogP contribution is 2.00. The molecule has 0 aliphatic carbocycles. The number of aliphatic hydroxyl groups excluding tert-OH is 1. The van der Waals surface area contributed by atoms with E-state index in [9.17, 15) is 9.90 Å². The first kappa shape index (κ1) is 21.6. The van der Waals surface area contributed by atoms with Crippen LogP contribution in [0.2, 0.25) is 0 Å². The molecule has 0 spiro atoms. The molecule has 8 heteroatoms. The number of likely N-dealkylation sites (N-methyl/N-ethyl adjacent to an activating group) is 1. The zero-order valence-corrected chi connectivity index (χ0v) is 14.4. The first-order chi connectivity index (χ1) is 10.0. The van der Waals surface area contributed by atoms with Gasteiger partial charge in [0.15, 0.2) is 0 Å². The van der Waals surface area contributed by atoms with Gasteiger partial charge in [0, 0.05) is 20.1 Å². The van der Waals surface area contributed by atoms with Gasteiger partial charge in [-0.1, -0.05) is 0 Å². The maximum Gasteiger partial charge on any atom is 0.241 e. The fourth-order valence-electron chi connectivity index (χ4n) is 2.01. The summed E-state index contributed by atoms with van der Waals surface area (Å²) in [6.07, 6.45) is -0.532. The average Bonchev–Trinajstić information content (AvgIpc) is 2.46. The second-order valence-corrected chi connectivity index (χ2v) is 5.45. The smallest absolute Gasteiger partial charge is 0.241 e. The fraction of sp³-hybridized carbons (Fsp3) is 0.929. The maximum absolute atomic E-state index is 12.1. The van der Waals surface area contributed by atoms with Gasteiger partial charge in [0.25, 0.3) is 0 Å². The van der Waals surface area contributed by atoms with Crippen molar-refractivity contribution >= 4 is 18.3 Å². The molecule has 1 amide bonds. The summed E-state index contributed by atoms with van der Waals surface area (Å²) in [5.74, 6) is -0.0723. The van der Waals surface area contributed by atoms with Gasteiger partial charge in [0.1, 0.15) is 6.04 Å². The van der Waals surface area contributed by atoms with Crippen molar-refractivity contribution in [2.24, 2.45) is 0 Å². The standard InChI is InChI=1S/C14H28N2O5.ClH/c1-11(2)21-7-6-20-9-12(17)8-16(3)14(18)13-10-19-5-4-15-13;/h11-13,15,17H,4-10H2,1-3H3;1H. The molecule has 1 fully saturated rings. The van der Waals surface area contributed by atoms with Crippen LogP contribution in [0.15, 0.2) is 0 Å². The molecule has 1 aliphatic heterocycles. The Morgan fingerprint density at radius 3 is 2.77 bits per heavy atom. The number of nitrogens with one attached hydrogen (secondary N) is 1. The number of hydrogen-bond acceptors (Lipinski definition) is 6. The van der Waals surface area contributed by atoms with Crippen molar-refractivity contribution in [3.63, 3.8) is 0 Å². The number of aliphatic hydroxyl groups is 1. The van der Waals surface area contributed by atoms with Crippen LogP contribution < -0.4 is 5.32 Å². The molecule has 0 aromatic rings. The summed E-state index contributed by atoms with van der Waals surface area (Å²) in [5.41, 5.74) is 0. The Labute approximate surface area is 138 Å². The molecule has 1 aliphatic rings. The Kier molecular flexibility index (Phi) is 11.8. The number of amides is 1. The fourth-order valence-corrected chi connectivity index (χ4v) is 2.01. The number of carbonyl (C=O) groups excluding carboxylic acids is 1.